The number of amides is 1. The molecular formula is C22H21ClN2O2. The second kappa shape index (κ2) is 7.20. The molecule has 0 unspecified atom stereocenters. The third kappa shape index (κ3) is 3.76. The van der Waals surface area contributed by atoms with Crippen molar-refractivity contribution in [2.45, 2.75) is 39.3 Å². The van der Waals surface area contributed by atoms with Crippen LogP contribution in [0.15, 0.2) is 53.1 Å². The van der Waals surface area contributed by atoms with Crippen molar-refractivity contribution in [3.63, 3.8) is 0 Å². The van der Waals surface area contributed by atoms with Gasteiger partial charge in [-0.15, -0.1) is 0 Å². The summed E-state index contributed by atoms with van der Waals surface area (Å²) in [6, 6.07) is 15.5. The molecule has 0 N–H and O–H groups in total. The molecule has 0 spiro atoms. The van der Waals surface area contributed by atoms with Crippen molar-refractivity contribution >= 4 is 17.5 Å². The molecule has 1 amide bonds. The minimum absolute atomic E-state index is 0.0566. The van der Waals surface area contributed by atoms with E-state index in [1.807, 2.05) is 29.2 Å². The fourth-order valence-corrected chi connectivity index (χ4v) is 3.35. The summed E-state index contributed by atoms with van der Waals surface area (Å²) in [5, 5.41) is 4.67. The molecule has 138 valence electrons. The van der Waals surface area contributed by atoms with Gasteiger partial charge >= 0.3 is 0 Å². The van der Waals surface area contributed by atoms with Crippen molar-refractivity contribution in [2.75, 3.05) is 0 Å². The molecule has 27 heavy (non-hydrogen) atoms. The van der Waals surface area contributed by atoms with E-state index >= 15 is 0 Å². The number of carbonyl (C=O) groups is 1. The van der Waals surface area contributed by atoms with E-state index in [1.54, 1.807) is 12.1 Å². The zero-order valence-corrected chi connectivity index (χ0v) is 16.2. The number of carbonyl (C=O) groups excluding carboxylic acids is 1. The summed E-state index contributed by atoms with van der Waals surface area (Å²) < 4.78 is 5.54. The zero-order chi connectivity index (χ0) is 19.0. The van der Waals surface area contributed by atoms with Crippen LogP contribution < -0.4 is 0 Å². The summed E-state index contributed by atoms with van der Waals surface area (Å²) >= 11 is 6.22. The summed E-state index contributed by atoms with van der Waals surface area (Å²) in [4.78, 5) is 14.8. The average Bonchev–Trinajstić information content (AvgIpc) is 3.40. The van der Waals surface area contributed by atoms with Gasteiger partial charge in [0, 0.05) is 17.7 Å². The Kier molecular flexibility index (Phi) is 4.75. The second-order valence-corrected chi connectivity index (χ2v) is 7.53. The molecule has 0 saturated heterocycles. The van der Waals surface area contributed by atoms with Crippen molar-refractivity contribution in [3.8, 4) is 11.3 Å². The van der Waals surface area contributed by atoms with Crippen molar-refractivity contribution in [3.05, 3.63) is 75.9 Å². The van der Waals surface area contributed by atoms with Gasteiger partial charge in [0.25, 0.3) is 5.91 Å². The molecule has 3 aromatic rings. The van der Waals surface area contributed by atoms with E-state index in [1.165, 1.54) is 11.1 Å². The fraction of sp³-hybridized carbons (Fsp3) is 0.273. The van der Waals surface area contributed by atoms with Gasteiger partial charge in [0.05, 0.1) is 17.1 Å². The number of hydrogen-bond donors (Lipinski definition) is 0. The maximum absolute atomic E-state index is 13.0. The lowest BCUT2D eigenvalue weighted by Gasteiger charge is -2.21. The van der Waals surface area contributed by atoms with Crippen LogP contribution in [-0.4, -0.2) is 22.0 Å². The molecule has 1 aliphatic carbocycles. The molecule has 1 fully saturated rings. The molecule has 0 atom stereocenters. The molecule has 0 radical (unpaired) electrons. The Morgan fingerprint density at radius 1 is 1.15 bits per heavy atom. The Morgan fingerprint density at radius 3 is 2.63 bits per heavy atom. The lowest BCUT2D eigenvalue weighted by molar-refractivity contribution is 0.0726. The molecule has 4 nitrogen and oxygen atoms in total. The van der Waals surface area contributed by atoms with Gasteiger partial charge in [-0.3, -0.25) is 4.79 Å². The highest BCUT2D eigenvalue weighted by molar-refractivity contribution is 6.33. The fourth-order valence-electron chi connectivity index (χ4n) is 3.13. The lowest BCUT2D eigenvalue weighted by Crippen LogP contribution is -2.32. The average molecular weight is 381 g/mol. The van der Waals surface area contributed by atoms with Crippen LogP contribution in [-0.2, 0) is 6.54 Å². The van der Waals surface area contributed by atoms with Crippen LogP contribution in [0.5, 0.6) is 0 Å². The molecule has 0 aliphatic heterocycles. The molecular weight excluding hydrogens is 360 g/mol. The van der Waals surface area contributed by atoms with Gasteiger partial charge in [-0.1, -0.05) is 41.0 Å². The van der Waals surface area contributed by atoms with Crippen LogP contribution >= 0.6 is 11.6 Å². The third-order valence-corrected chi connectivity index (χ3v) is 5.37. The Hall–Kier alpha value is -2.59. The van der Waals surface area contributed by atoms with Gasteiger partial charge < -0.3 is 9.42 Å². The van der Waals surface area contributed by atoms with Crippen LogP contribution in [0.1, 0.15) is 40.0 Å². The monoisotopic (exact) mass is 380 g/mol. The number of nitrogens with zero attached hydrogens (tertiary/aromatic N) is 2. The minimum atomic E-state index is -0.0566. The first kappa shape index (κ1) is 17.8. The van der Waals surface area contributed by atoms with Crippen LogP contribution in [0, 0.1) is 13.8 Å². The number of halogens is 1. The van der Waals surface area contributed by atoms with Crippen molar-refractivity contribution < 1.29 is 9.32 Å². The number of benzene rings is 2. The standard InChI is InChI=1S/C22H21ClN2O2/c1-14-7-8-16(11-15(14)2)21-12-17(24-27-21)13-25(18-9-10-18)22(26)19-5-3-4-6-20(19)23/h3-8,11-12,18H,9-10,13H2,1-2H3. The predicted octanol–water partition coefficient (Wildman–Crippen LogP) is 5.42. The SMILES string of the molecule is Cc1ccc(-c2cc(CN(C(=O)c3ccccc3Cl)C3CC3)no2)cc1C. The molecule has 1 heterocycles. The highest BCUT2D eigenvalue weighted by Gasteiger charge is 2.34. The Labute approximate surface area is 163 Å². The van der Waals surface area contributed by atoms with Crippen molar-refractivity contribution in [2.24, 2.45) is 0 Å². The Bertz CT molecular complexity index is 991. The van der Waals surface area contributed by atoms with Gasteiger partial charge in [0.1, 0.15) is 5.69 Å². The van der Waals surface area contributed by atoms with Crippen molar-refractivity contribution in [1.29, 1.82) is 0 Å². The van der Waals surface area contributed by atoms with E-state index in [-0.39, 0.29) is 11.9 Å². The van der Waals surface area contributed by atoms with E-state index in [9.17, 15) is 4.79 Å². The van der Waals surface area contributed by atoms with Gasteiger partial charge in [-0.2, -0.15) is 0 Å². The summed E-state index contributed by atoms with van der Waals surface area (Å²) in [5.41, 5.74) is 4.72. The van der Waals surface area contributed by atoms with Gasteiger partial charge in [-0.25, -0.2) is 0 Å². The highest BCUT2D eigenvalue weighted by atomic mass is 35.5. The maximum Gasteiger partial charge on any atom is 0.255 e. The smallest absolute Gasteiger partial charge is 0.255 e. The lowest BCUT2D eigenvalue weighted by atomic mass is 10.0. The molecule has 5 heteroatoms. The van der Waals surface area contributed by atoms with Crippen molar-refractivity contribution in [1.82, 2.24) is 10.1 Å². The number of aromatic nitrogens is 1. The molecule has 1 saturated carbocycles. The Morgan fingerprint density at radius 2 is 1.93 bits per heavy atom. The quantitative estimate of drug-likeness (QED) is 0.594. The topological polar surface area (TPSA) is 46.3 Å². The maximum atomic E-state index is 13.0. The van der Waals surface area contributed by atoms with Gasteiger partial charge in [-0.05, 0) is 56.0 Å². The second-order valence-electron chi connectivity index (χ2n) is 7.13. The molecule has 0 bridgehead atoms. The van der Waals surface area contributed by atoms with Crippen LogP contribution in [0.25, 0.3) is 11.3 Å². The van der Waals surface area contributed by atoms with Crippen LogP contribution in [0.4, 0.5) is 0 Å². The summed E-state index contributed by atoms with van der Waals surface area (Å²) in [6.07, 6.45) is 2.02. The summed E-state index contributed by atoms with van der Waals surface area (Å²) in [5.74, 6) is 0.660. The van der Waals surface area contributed by atoms with E-state index < -0.39 is 0 Å². The number of hydrogen-bond acceptors (Lipinski definition) is 3. The highest BCUT2D eigenvalue weighted by Crippen LogP contribution is 2.32. The molecule has 1 aromatic heterocycles. The molecule has 1 aliphatic rings. The first-order valence-corrected chi connectivity index (χ1v) is 9.49. The number of rotatable bonds is 5. The van der Waals surface area contributed by atoms with Gasteiger partial charge in [0.2, 0.25) is 0 Å². The largest absolute Gasteiger partial charge is 0.356 e. The van der Waals surface area contributed by atoms with E-state index in [0.29, 0.717) is 22.9 Å². The number of aryl methyl sites for hydroxylation is 2. The summed E-state index contributed by atoms with van der Waals surface area (Å²) in [6.45, 7) is 4.58. The van der Waals surface area contributed by atoms with E-state index in [0.717, 1.165) is 24.1 Å². The zero-order valence-electron chi connectivity index (χ0n) is 15.4. The first-order chi connectivity index (χ1) is 13.0. The van der Waals surface area contributed by atoms with E-state index in [2.05, 4.69) is 31.1 Å². The minimum Gasteiger partial charge on any atom is -0.356 e. The molecule has 4 rings (SSSR count). The summed E-state index contributed by atoms with van der Waals surface area (Å²) in [7, 11) is 0. The first-order valence-electron chi connectivity index (χ1n) is 9.11. The van der Waals surface area contributed by atoms with Gasteiger partial charge in [0.15, 0.2) is 5.76 Å². The van der Waals surface area contributed by atoms with Crippen LogP contribution in [0.3, 0.4) is 0 Å². The molecule has 2 aromatic carbocycles. The van der Waals surface area contributed by atoms with Crippen LogP contribution in [0.2, 0.25) is 5.02 Å². The third-order valence-electron chi connectivity index (χ3n) is 5.04. The predicted molar refractivity (Wildman–Crippen MR) is 106 cm³/mol. The normalized spacial score (nSPS) is 13.6. The Balaban J connectivity index is 1.56. The van der Waals surface area contributed by atoms with E-state index in [4.69, 9.17) is 16.1 Å².